The Kier molecular flexibility index (Phi) is 1.91. The van der Waals surface area contributed by atoms with Gasteiger partial charge in [0, 0.05) is 18.3 Å². The summed E-state index contributed by atoms with van der Waals surface area (Å²) in [6, 6.07) is 2.59. The van der Waals surface area contributed by atoms with Crippen molar-refractivity contribution in [2.75, 3.05) is 0 Å². The van der Waals surface area contributed by atoms with Crippen LogP contribution in [0.5, 0.6) is 0 Å². The van der Waals surface area contributed by atoms with Crippen molar-refractivity contribution in [3.63, 3.8) is 0 Å². The lowest BCUT2D eigenvalue weighted by Crippen LogP contribution is -2.17. The standard InChI is InChI=1S/C6H7N3O2/c7-6(9-11)5-3-4(10)1-2-8-5/h1-3,11H,(H2,7,9)(H,8,10). The third kappa shape index (κ3) is 1.57. The second-order valence-corrected chi connectivity index (χ2v) is 1.92. The third-order valence-corrected chi connectivity index (χ3v) is 1.16. The molecule has 0 saturated heterocycles. The lowest BCUT2D eigenvalue weighted by atomic mass is 10.3. The van der Waals surface area contributed by atoms with Crippen LogP contribution in [0.25, 0.3) is 0 Å². The van der Waals surface area contributed by atoms with Crippen molar-refractivity contribution >= 4 is 5.84 Å². The molecule has 1 aromatic rings. The van der Waals surface area contributed by atoms with E-state index in [1.54, 1.807) is 0 Å². The number of H-pyrrole nitrogens is 1. The number of aromatic nitrogens is 1. The quantitative estimate of drug-likeness (QED) is 0.219. The van der Waals surface area contributed by atoms with Gasteiger partial charge in [-0.3, -0.25) is 4.79 Å². The normalized spacial score (nSPS) is 11.5. The smallest absolute Gasteiger partial charge is 0.186 e. The van der Waals surface area contributed by atoms with E-state index < -0.39 is 0 Å². The van der Waals surface area contributed by atoms with Crippen molar-refractivity contribution in [2.24, 2.45) is 10.9 Å². The fourth-order valence-electron chi connectivity index (χ4n) is 0.647. The predicted molar refractivity (Wildman–Crippen MR) is 39.6 cm³/mol. The predicted octanol–water partition coefficient (Wildman–Crippen LogP) is -0.531. The van der Waals surface area contributed by atoms with Gasteiger partial charge in [0.15, 0.2) is 11.3 Å². The molecule has 5 nitrogen and oxygen atoms in total. The molecule has 0 aliphatic carbocycles. The summed E-state index contributed by atoms with van der Waals surface area (Å²) in [5.41, 5.74) is 5.31. The van der Waals surface area contributed by atoms with Crippen LogP contribution in [0.2, 0.25) is 0 Å². The van der Waals surface area contributed by atoms with E-state index in [0.29, 0.717) is 5.69 Å². The molecule has 0 spiro atoms. The molecule has 0 aromatic carbocycles. The van der Waals surface area contributed by atoms with E-state index in [-0.39, 0.29) is 11.3 Å². The lowest BCUT2D eigenvalue weighted by molar-refractivity contribution is 0.318. The Hall–Kier alpha value is -1.78. The summed E-state index contributed by atoms with van der Waals surface area (Å²) >= 11 is 0. The topological polar surface area (TPSA) is 91.5 Å². The first-order valence-corrected chi connectivity index (χ1v) is 2.90. The number of nitrogens with zero attached hydrogens (tertiary/aromatic N) is 1. The number of hydrogen-bond donors (Lipinski definition) is 3. The molecule has 0 radical (unpaired) electrons. The van der Waals surface area contributed by atoms with Crippen molar-refractivity contribution in [3.8, 4) is 0 Å². The SMILES string of the molecule is N/C(=N\O)c1cc(=O)cc[nH]1. The average Bonchev–Trinajstić information content (AvgIpc) is 2.03. The highest BCUT2D eigenvalue weighted by Gasteiger charge is 1.97. The first kappa shape index (κ1) is 7.33. The van der Waals surface area contributed by atoms with E-state index in [4.69, 9.17) is 10.9 Å². The summed E-state index contributed by atoms with van der Waals surface area (Å²) in [4.78, 5) is 13.3. The zero-order valence-corrected chi connectivity index (χ0v) is 5.61. The molecule has 0 amide bonds. The van der Waals surface area contributed by atoms with Crippen LogP contribution >= 0.6 is 0 Å². The molecule has 0 unspecified atom stereocenters. The summed E-state index contributed by atoms with van der Waals surface area (Å²) in [5.74, 6) is -0.109. The Balaban J connectivity index is 3.16. The first-order chi connectivity index (χ1) is 5.24. The van der Waals surface area contributed by atoms with Crippen LogP contribution in [0.3, 0.4) is 0 Å². The van der Waals surface area contributed by atoms with E-state index in [1.807, 2.05) is 0 Å². The molecule has 1 aromatic heterocycles. The van der Waals surface area contributed by atoms with Gasteiger partial charge in [0.05, 0.1) is 5.69 Å². The number of aromatic amines is 1. The van der Waals surface area contributed by atoms with Crippen LogP contribution in [0, 0.1) is 0 Å². The van der Waals surface area contributed by atoms with E-state index in [9.17, 15) is 4.79 Å². The van der Waals surface area contributed by atoms with E-state index in [2.05, 4.69) is 10.1 Å². The van der Waals surface area contributed by atoms with Crippen LogP contribution in [0.4, 0.5) is 0 Å². The molecule has 0 saturated carbocycles. The highest BCUT2D eigenvalue weighted by molar-refractivity contribution is 5.94. The summed E-state index contributed by atoms with van der Waals surface area (Å²) < 4.78 is 0. The Morgan fingerprint density at radius 1 is 1.73 bits per heavy atom. The van der Waals surface area contributed by atoms with Gasteiger partial charge in [-0.25, -0.2) is 0 Å². The minimum atomic E-state index is -0.189. The van der Waals surface area contributed by atoms with E-state index in [0.717, 1.165) is 0 Å². The van der Waals surface area contributed by atoms with Gasteiger partial charge in [0.2, 0.25) is 0 Å². The van der Waals surface area contributed by atoms with Crippen LogP contribution in [-0.2, 0) is 0 Å². The second-order valence-electron chi connectivity index (χ2n) is 1.92. The molecule has 4 N–H and O–H groups in total. The number of amidine groups is 1. The molecule has 0 aliphatic rings. The van der Waals surface area contributed by atoms with Gasteiger partial charge in [-0.1, -0.05) is 5.16 Å². The Morgan fingerprint density at radius 3 is 3.00 bits per heavy atom. The maximum absolute atomic E-state index is 10.7. The molecule has 5 heteroatoms. The van der Waals surface area contributed by atoms with Gasteiger partial charge < -0.3 is 15.9 Å². The van der Waals surface area contributed by atoms with Crippen molar-refractivity contribution in [1.29, 1.82) is 0 Å². The minimum Gasteiger partial charge on any atom is -0.409 e. The number of hydrogen-bond acceptors (Lipinski definition) is 3. The van der Waals surface area contributed by atoms with Crippen LogP contribution < -0.4 is 11.2 Å². The third-order valence-electron chi connectivity index (χ3n) is 1.16. The van der Waals surface area contributed by atoms with Crippen molar-refractivity contribution in [2.45, 2.75) is 0 Å². The Bertz CT molecular complexity index is 329. The maximum atomic E-state index is 10.7. The summed E-state index contributed by atoms with van der Waals surface area (Å²) in [6.07, 6.45) is 1.43. The van der Waals surface area contributed by atoms with E-state index in [1.165, 1.54) is 18.3 Å². The highest BCUT2D eigenvalue weighted by atomic mass is 16.4. The molecule has 58 valence electrons. The molecule has 1 heterocycles. The maximum Gasteiger partial charge on any atom is 0.186 e. The fraction of sp³-hybridized carbons (Fsp3) is 0. The Labute approximate surface area is 62.2 Å². The minimum absolute atomic E-state index is 0.109. The number of nitrogens with two attached hydrogens (primary N) is 1. The molecule has 11 heavy (non-hydrogen) atoms. The molecular weight excluding hydrogens is 146 g/mol. The molecule has 1 rings (SSSR count). The zero-order valence-electron chi connectivity index (χ0n) is 5.61. The van der Waals surface area contributed by atoms with Crippen LogP contribution in [0.15, 0.2) is 28.3 Å². The second kappa shape index (κ2) is 2.87. The molecule has 0 aliphatic heterocycles. The number of nitrogens with one attached hydrogen (secondary N) is 1. The fourth-order valence-corrected chi connectivity index (χ4v) is 0.647. The van der Waals surface area contributed by atoms with Gasteiger partial charge in [-0.2, -0.15) is 0 Å². The summed E-state index contributed by atoms with van der Waals surface area (Å²) in [6.45, 7) is 0. The summed E-state index contributed by atoms with van der Waals surface area (Å²) in [7, 11) is 0. The van der Waals surface area contributed by atoms with Crippen molar-refractivity contribution in [3.05, 3.63) is 34.2 Å². The molecule has 0 atom stereocenters. The highest BCUT2D eigenvalue weighted by Crippen LogP contribution is 1.86. The average molecular weight is 153 g/mol. The van der Waals surface area contributed by atoms with Crippen LogP contribution in [-0.4, -0.2) is 16.0 Å². The van der Waals surface area contributed by atoms with E-state index >= 15 is 0 Å². The number of rotatable bonds is 1. The van der Waals surface area contributed by atoms with Gasteiger partial charge >= 0.3 is 0 Å². The first-order valence-electron chi connectivity index (χ1n) is 2.90. The van der Waals surface area contributed by atoms with Crippen molar-refractivity contribution in [1.82, 2.24) is 4.98 Å². The van der Waals surface area contributed by atoms with Crippen LogP contribution in [0.1, 0.15) is 5.69 Å². The van der Waals surface area contributed by atoms with Crippen molar-refractivity contribution < 1.29 is 5.21 Å². The monoisotopic (exact) mass is 153 g/mol. The largest absolute Gasteiger partial charge is 0.409 e. The lowest BCUT2D eigenvalue weighted by Gasteiger charge is -1.94. The zero-order chi connectivity index (χ0) is 8.27. The number of oxime groups is 1. The van der Waals surface area contributed by atoms with Gasteiger partial charge in [0.25, 0.3) is 0 Å². The molecular formula is C6H7N3O2. The van der Waals surface area contributed by atoms with Gasteiger partial charge in [-0.05, 0) is 0 Å². The van der Waals surface area contributed by atoms with Gasteiger partial charge in [-0.15, -0.1) is 0 Å². The Morgan fingerprint density at radius 2 is 2.45 bits per heavy atom. The molecule has 0 bridgehead atoms. The number of pyridine rings is 1. The van der Waals surface area contributed by atoms with Gasteiger partial charge in [0.1, 0.15) is 0 Å². The molecule has 0 fully saturated rings. The summed E-state index contributed by atoms with van der Waals surface area (Å²) in [5, 5.41) is 10.9.